The number of hydrogen-bond acceptors (Lipinski definition) is 3. The standard InChI is InChI=1S/C26H39N3O.H2/c30-25(26-17-22-14-23(18-26)16-24(15-22)19-26)27-8-4-5-9-28-10-12-29(13-11-28)20-21-6-2-1-3-7-21;/h1-3,6-7,22-24H,4-5,8-20H2,(H,27,30);1H. The number of nitrogens with one attached hydrogen (secondary N) is 1. The van der Waals surface area contributed by atoms with E-state index in [1.54, 1.807) is 0 Å². The van der Waals surface area contributed by atoms with E-state index in [1.165, 1.54) is 70.1 Å². The van der Waals surface area contributed by atoms with Crippen LogP contribution in [0.5, 0.6) is 0 Å². The molecule has 0 radical (unpaired) electrons. The fraction of sp³-hybridized carbons (Fsp3) is 0.731. The number of piperazine rings is 1. The van der Waals surface area contributed by atoms with Crippen molar-refractivity contribution in [2.45, 2.75) is 57.9 Å². The molecule has 1 N–H and O–H groups in total. The summed E-state index contributed by atoms with van der Waals surface area (Å²) < 4.78 is 0. The Kier molecular flexibility index (Phi) is 6.15. The molecule has 4 nitrogen and oxygen atoms in total. The van der Waals surface area contributed by atoms with Gasteiger partial charge in [-0.25, -0.2) is 0 Å². The molecule has 5 fully saturated rings. The number of rotatable bonds is 8. The molecule has 0 spiro atoms. The Bertz CT molecular complexity index is 681. The summed E-state index contributed by atoms with van der Waals surface area (Å²) in [5, 5.41) is 3.35. The Labute approximate surface area is 183 Å². The van der Waals surface area contributed by atoms with Crippen molar-refractivity contribution in [1.82, 2.24) is 15.1 Å². The topological polar surface area (TPSA) is 35.6 Å². The van der Waals surface area contributed by atoms with Crippen LogP contribution in [0.25, 0.3) is 0 Å². The van der Waals surface area contributed by atoms with Crippen LogP contribution in [0.15, 0.2) is 30.3 Å². The second kappa shape index (κ2) is 9.00. The number of carbonyl (C=O) groups excluding carboxylic acids is 1. The first-order valence-corrected chi connectivity index (χ1v) is 12.5. The van der Waals surface area contributed by atoms with E-state index in [9.17, 15) is 4.79 Å². The van der Waals surface area contributed by atoms with Gasteiger partial charge in [-0.3, -0.25) is 9.69 Å². The second-order valence-corrected chi connectivity index (χ2v) is 10.8. The molecule has 4 aliphatic carbocycles. The number of nitrogens with zero attached hydrogens (tertiary/aromatic N) is 2. The number of amides is 1. The van der Waals surface area contributed by atoms with Gasteiger partial charge in [-0.2, -0.15) is 0 Å². The summed E-state index contributed by atoms with van der Waals surface area (Å²) in [6.45, 7) is 7.79. The van der Waals surface area contributed by atoms with Crippen LogP contribution in [-0.2, 0) is 11.3 Å². The second-order valence-electron chi connectivity index (χ2n) is 10.8. The molecule has 166 valence electrons. The first-order valence-electron chi connectivity index (χ1n) is 12.5. The van der Waals surface area contributed by atoms with E-state index in [2.05, 4.69) is 45.4 Å². The van der Waals surface area contributed by atoms with Crippen molar-refractivity contribution < 1.29 is 6.22 Å². The Morgan fingerprint density at radius 2 is 1.50 bits per heavy atom. The van der Waals surface area contributed by atoms with Gasteiger partial charge in [-0.1, -0.05) is 30.3 Å². The van der Waals surface area contributed by atoms with E-state index in [0.29, 0.717) is 5.91 Å². The first kappa shape index (κ1) is 20.5. The highest BCUT2D eigenvalue weighted by Gasteiger charge is 2.54. The van der Waals surface area contributed by atoms with E-state index in [0.717, 1.165) is 50.4 Å². The van der Waals surface area contributed by atoms with E-state index < -0.39 is 0 Å². The van der Waals surface area contributed by atoms with Crippen LogP contribution < -0.4 is 5.32 Å². The van der Waals surface area contributed by atoms with Gasteiger partial charge in [-0.15, -0.1) is 0 Å². The van der Waals surface area contributed by atoms with Crippen molar-refractivity contribution >= 4 is 5.91 Å². The van der Waals surface area contributed by atoms with Crippen molar-refractivity contribution in [3.8, 4) is 0 Å². The Balaban J connectivity index is 0.00000231. The van der Waals surface area contributed by atoms with Gasteiger partial charge < -0.3 is 10.2 Å². The van der Waals surface area contributed by atoms with Gasteiger partial charge in [0.25, 0.3) is 0 Å². The zero-order chi connectivity index (χ0) is 20.4. The average Bonchev–Trinajstić information content (AvgIpc) is 2.74. The molecule has 6 rings (SSSR count). The molecule has 1 aromatic carbocycles. The minimum atomic E-state index is 0. The van der Waals surface area contributed by atoms with Crippen molar-refractivity contribution in [3.05, 3.63) is 35.9 Å². The quantitative estimate of drug-likeness (QED) is 0.653. The molecule has 5 aliphatic rings. The Hall–Kier alpha value is -1.39. The number of benzene rings is 1. The predicted molar refractivity (Wildman–Crippen MR) is 123 cm³/mol. The van der Waals surface area contributed by atoms with Crippen LogP contribution in [-0.4, -0.2) is 55.0 Å². The van der Waals surface area contributed by atoms with E-state index in [1.807, 2.05) is 0 Å². The highest BCUT2D eigenvalue weighted by molar-refractivity contribution is 5.83. The van der Waals surface area contributed by atoms with Crippen LogP contribution in [0.4, 0.5) is 0 Å². The monoisotopic (exact) mass is 411 g/mol. The molecule has 1 heterocycles. The van der Waals surface area contributed by atoms with Gasteiger partial charge in [0.2, 0.25) is 5.91 Å². The number of carbonyl (C=O) groups is 1. The summed E-state index contributed by atoms with van der Waals surface area (Å²) in [6.07, 6.45) is 10.1. The highest BCUT2D eigenvalue weighted by Crippen LogP contribution is 2.60. The van der Waals surface area contributed by atoms with Gasteiger partial charge in [0.05, 0.1) is 0 Å². The normalized spacial score (nSPS) is 33.7. The summed E-state index contributed by atoms with van der Waals surface area (Å²) in [5.74, 6) is 2.95. The summed E-state index contributed by atoms with van der Waals surface area (Å²) in [4.78, 5) is 18.2. The van der Waals surface area contributed by atoms with Gasteiger partial charge in [0.15, 0.2) is 0 Å². The van der Waals surface area contributed by atoms with Gasteiger partial charge in [0, 0.05) is 46.1 Å². The molecule has 30 heavy (non-hydrogen) atoms. The molecule has 1 amide bonds. The molecule has 1 aliphatic heterocycles. The summed E-state index contributed by atoms with van der Waals surface area (Å²) in [6, 6.07) is 10.8. The third kappa shape index (κ3) is 4.60. The minimum absolute atomic E-state index is 0. The average molecular weight is 412 g/mol. The fourth-order valence-corrected chi connectivity index (χ4v) is 7.25. The lowest BCUT2D eigenvalue weighted by atomic mass is 9.49. The lowest BCUT2D eigenvalue weighted by molar-refractivity contribution is -0.146. The Morgan fingerprint density at radius 1 is 0.900 bits per heavy atom. The van der Waals surface area contributed by atoms with Crippen molar-refractivity contribution in [2.24, 2.45) is 23.2 Å². The maximum absolute atomic E-state index is 13.0. The summed E-state index contributed by atoms with van der Waals surface area (Å²) >= 11 is 0. The molecule has 4 heteroatoms. The Morgan fingerprint density at radius 3 is 2.13 bits per heavy atom. The summed E-state index contributed by atoms with van der Waals surface area (Å²) in [7, 11) is 0. The molecule has 0 aromatic heterocycles. The summed E-state index contributed by atoms with van der Waals surface area (Å²) in [5.41, 5.74) is 1.44. The zero-order valence-corrected chi connectivity index (χ0v) is 18.5. The first-order chi connectivity index (χ1) is 14.7. The van der Waals surface area contributed by atoms with E-state index in [4.69, 9.17) is 0 Å². The smallest absolute Gasteiger partial charge is 0.226 e. The highest BCUT2D eigenvalue weighted by atomic mass is 16.2. The van der Waals surface area contributed by atoms with Crippen molar-refractivity contribution in [1.29, 1.82) is 0 Å². The predicted octanol–water partition coefficient (Wildman–Crippen LogP) is 4.16. The molecule has 0 unspecified atom stereocenters. The zero-order valence-electron chi connectivity index (χ0n) is 18.5. The van der Waals surface area contributed by atoms with Gasteiger partial charge in [-0.05, 0) is 81.2 Å². The van der Waals surface area contributed by atoms with Crippen molar-refractivity contribution in [2.75, 3.05) is 39.3 Å². The van der Waals surface area contributed by atoms with Crippen LogP contribution >= 0.6 is 0 Å². The van der Waals surface area contributed by atoms with Crippen LogP contribution in [0, 0.1) is 23.2 Å². The molecular weight excluding hydrogens is 370 g/mol. The van der Waals surface area contributed by atoms with E-state index in [-0.39, 0.29) is 6.84 Å². The SMILES string of the molecule is O=C(NCCCCN1CCN(Cc2ccccc2)CC1)C12CC3CC(CC(C3)C1)C2.[HH]. The largest absolute Gasteiger partial charge is 0.356 e. The lowest BCUT2D eigenvalue weighted by Crippen LogP contribution is -2.53. The van der Waals surface area contributed by atoms with Crippen LogP contribution in [0.1, 0.15) is 58.4 Å². The van der Waals surface area contributed by atoms with Crippen molar-refractivity contribution in [3.63, 3.8) is 0 Å². The lowest BCUT2D eigenvalue weighted by Gasteiger charge is -2.55. The molecule has 4 saturated carbocycles. The number of hydrogen-bond donors (Lipinski definition) is 1. The fourth-order valence-electron chi connectivity index (χ4n) is 7.25. The molecule has 0 atom stereocenters. The van der Waals surface area contributed by atoms with Gasteiger partial charge in [0.1, 0.15) is 0 Å². The molecule has 1 aromatic rings. The minimum Gasteiger partial charge on any atom is -0.356 e. The molecule has 4 bridgehead atoms. The number of unbranched alkanes of at least 4 members (excludes halogenated alkanes) is 1. The molecule has 1 saturated heterocycles. The molecular formula is C26H41N3O. The third-order valence-corrected chi connectivity index (χ3v) is 8.42. The third-order valence-electron chi connectivity index (χ3n) is 8.42. The van der Waals surface area contributed by atoms with Crippen LogP contribution in [0.3, 0.4) is 0 Å². The van der Waals surface area contributed by atoms with Crippen LogP contribution in [0.2, 0.25) is 0 Å². The maximum Gasteiger partial charge on any atom is 0.226 e. The maximum atomic E-state index is 13.0. The van der Waals surface area contributed by atoms with E-state index >= 15 is 0 Å². The van der Waals surface area contributed by atoms with Gasteiger partial charge >= 0.3 is 0 Å².